The highest BCUT2D eigenvalue weighted by Gasteiger charge is 2.35. The van der Waals surface area contributed by atoms with Crippen molar-refractivity contribution in [3.8, 4) is 0 Å². The Morgan fingerprint density at radius 2 is 2.08 bits per heavy atom. The first-order valence-electron chi connectivity index (χ1n) is 4.64. The highest BCUT2D eigenvalue weighted by molar-refractivity contribution is 5.44. The van der Waals surface area contributed by atoms with Gasteiger partial charge in [-0.15, -0.1) is 0 Å². The molecule has 2 rings (SSSR count). The van der Waals surface area contributed by atoms with Gasteiger partial charge in [-0.2, -0.15) is 0 Å². The normalized spacial score (nSPS) is 19.2. The smallest absolute Gasteiger partial charge is 0.0661 e. The lowest BCUT2D eigenvalue weighted by molar-refractivity contribution is 0.144. The van der Waals surface area contributed by atoms with Crippen molar-refractivity contribution < 1.29 is 5.11 Å². The van der Waals surface area contributed by atoms with Crippen LogP contribution in [0.4, 0.5) is 5.69 Å². The fraction of sp³-hybridized carbons (Fsp3) is 0.500. The molecule has 0 saturated heterocycles. The molecule has 1 fully saturated rings. The molecule has 0 spiro atoms. The molecule has 0 atom stereocenters. The van der Waals surface area contributed by atoms with Gasteiger partial charge in [0, 0.05) is 18.1 Å². The zero-order valence-electron chi connectivity index (χ0n) is 7.53. The van der Waals surface area contributed by atoms with Crippen LogP contribution in [-0.2, 0) is 0 Å². The van der Waals surface area contributed by atoms with Gasteiger partial charge in [0.2, 0.25) is 0 Å². The van der Waals surface area contributed by atoms with Crippen molar-refractivity contribution in [2.75, 3.05) is 11.9 Å². The van der Waals surface area contributed by atoms with E-state index < -0.39 is 0 Å². The summed E-state index contributed by atoms with van der Waals surface area (Å²) < 4.78 is 0. The van der Waals surface area contributed by atoms with Crippen molar-refractivity contribution in [1.82, 2.24) is 4.98 Å². The Balaban J connectivity index is 2.05. The monoisotopic (exact) mass is 178 g/mol. The number of nitrogens with zero attached hydrogens (tertiary/aromatic N) is 1. The maximum Gasteiger partial charge on any atom is 0.0661 e. The third-order valence-corrected chi connectivity index (χ3v) is 2.70. The second-order valence-corrected chi connectivity index (χ2v) is 3.65. The Morgan fingerprint density at radius 1 is 1.38 bits per heavy atom. The van der Waals surface area contributed by atoms with Crippen LogP contribution >= 0.6 is 0 Å². The SMILES string of the molecule is OCC1(Nc2ccncc2)CCC1. The molecule has 0 unspecified atom stereocenters. The number of hydrogen-bond donors (Lipinski definition) is 2. The molecule has 0 radical (unpaired) electrons. The van der Waals surface area contributed by atoms with Crippen LogP contribution < -0.4 is 5.32 Å². The molecule has 1 aliphatic rings. The van der Waals surface area contributed by atoms with E-state index in [0.717, 1.165) is 18.5 Å². The van der Waals surface area contributed by atoms with E-state index in [1.54, 1.807) is 12.4 Å². The fourth-order valence-corrected chi connectivity index (χ4v) is 1.67. The van der Waals surface area contributed by atoms with Crippen molar-refractivity contribution >= 4 is 5.69 Å². The molecule has 1 saturated carbocycles. The van der Waals surface area contributed by atoms with E-state index >= 15 is 0 Å². The number of anilines is 1. The molecule has 0 aromatic carbocycles. The van der Waals surface area contributed by atoms with E-state index in [1.807, 2.05) is 12.1 Å². The van der Waals surface area contributed by atoms with Crippen molar-refractivity contribution in [3.63, 3.8) is 0 Å². The minimum atomic E-state index is -0.0542. The minimum absolute atomic E-state index is 0.0542. The van der Waals surface area contributed by atoms with Crippen LogP contribution in [-0.4, -0.2) is 22.2 Å². The number of aromatic nitrogens is 1. The van der Waals surface area contributed by atoms with Gasteiger partial charge in [-0.25, -0.2) is 0 Å². The van der Waals surface area contributed by atoms with Crippen molar-refractivity contribution in [1.29, 1.82) is 0 Å². The molecule has 70 valence electrons. The van der Waals surface area contributed by atoms with Gasteiger partial charge in [0.05, 0.1) is 12.1 Å². The molecule has 2 N–H and O–H groups in total. The fourth-order valence-electron chi connectivity index (χ4n) is 1.67. The van der Waals surface area contributed by atoms with Crippen LogP contribution in [0.25, 0.3) is 0 Å². The predicted octanol–water partition coefficient (Wildman–Crippen LogP) is 1.41. The van der Waals surface area contributed by atoms with Crippen LogP contribution in [0.3, 0.4) is 0 Å². The summed E-state index contributed by atoms with van der Waals surface area (Å²) in [7, 11) is 0. The second kappa shape index (κ2) is 3.34. The zero-order chi connectivity index (χ0) is 9.15. The van der Waals surface area contributed by atoms with Gasteiger partial charge in [-0.1, -0.05) is 0 Å². The molecular formula is C10H14N2O. The molecule has 3 nitrogen and oxygen atoms in total. The van der Waals surface area contributed by atoms with Crippen LogP contribution in [0.1, 0.15) is 19.3 Å². The van der Waals surface area contributed by atoms with E-state index in [9.17, 15) is 5.11 Å². The Labute approximate surface area is 77.8 Å². The van der Waals surface area contributed by atoms with E-state index in [-0.39, 0.29) is 12.1 Å². The zero-order valence-corrected chi connectivity index (χ0v) is 7.53. The largest absolute Gasteiger partial charge is 0.394 e. The Morgan fingerprint density at radius 3 is 2.54 bits per heavy atom. The number of aliphatic hydroxyl groups excluding tert-OH is 1. The molecule has 13 heavy (non-hydrogen) atoms. The number of rotatable bonds is 3. The van der Waals surface area contributed by atoms with Crippen LogP contribution in [0.15, 0.2) is 24.5 Å². The molecule has 1 aliphatic carbocycles. The summed E-state index contributed by atoms with van der Waals surface area (Å²) in [6.07, 6.45) is 6.84. The molecule has 0 amide bonds. The van der Waals surface area contributed by atoms with Gasteiger partial charge >= 0.3 is 0 Å². The number of hydrogen-bond acceptors (Lipinski definition) is 3. The topological polar surface area (TPSA) is 45.1 Å². The quantitative estimate of drug-likeness (QED) is 0.735. The molecule has 1 heterocycles. The number of pyridine rings is 1. The standard InChI is InChI=1S/C10H14N2O/c13-8-10(4-1-5-10)12-9-2-6-11-7-3-9/h2-3,6-7,13H,1,4-5,8H2,(H,11,12). The lowest BCUT2D eigenvalue weighted by atomic mass is 9.77. The van der Waals surface area contributed by atoms with Gasteiger partial charge < -0.3 is 10.4 Å². The Bertz CT molecular complexity index is 264. The number of nitrogens with one attached hydrogen (secondary N) is 1. The first kappa shape index (κ1) is 8.51. The van der Waals surface area contributed by atoms with E-state index in [4.69, 9.17) is 0 Å². The lowest BCUT2D eigenvalue weighted by Gasteiger charge is -2.41. The minimum Gasteiger partial charge on any atom is -0.394 e. The highest BCUT2D eigenvalue weighted by atomic mass is 16.3. The van der Waals surface area contributed by atoms with E-state index in [0.29, 0.717) is 0 Å². The Kier molecular flexibility index (Phi) is 2.19. The lowest BCUT2D eigenvalue weighted by Crippen LogP contribution is -2.48. The van der Waals surface area contributed by atoms with E-state index in [2.05, 4.69) is 10.3 Å². The summed E-state index contributed by atoms with van der Waals surface area (Å²) in [5, 5.41) is 12.6. The predicted molar refractivity (Wildman–Crippen MR) is 51.5 cm³/mol. The summed E-state index contributed by atoms with van der Waals surface area (Å²) in [5.74, 6) is 0. The third-order valence-electron chi connectivity index (χ3n) is 2.70. The van der Waals surface area contributed by atoms with E-state index in [1.165, 1.54) is 6.42 Å². The van der Waals surface area contributed by atoms with Gasteiger partial charge in [0.25, 0.3) is 0 Å². The molecule has 1 aromatic heterocycles. The van der Waals surface area contributed by atoms with Crippen LogP contribution in [0, 0.1) is 0 Å². The first-order valence-corrected chi connectivity index (χ1v) is 4.64. The Hall–Kier alpha value is -1.09. The molecular weight excluding hydrogens is 164 g/mol. The average Bonchev–Trinajstić information content (AvgIpc) is 2.13. The van der Waals surface area contributed by atoms with Crippen molar-refractivity contribution in [3.05, 3.63) is 24.5 Å². The summed E-state index contributed by atoms with van der Waals surface area (Å²) in [4.78, 5) is 3.94. The summed E-state index contributed by atoms with van der Waals surface area (Å²) >= 11 is 0. The molecule has 0 aliphatic heterocycles. The van der Waals surface area contributed by atoms with Gasteiger partial charge in [-0.3, -0.25) is 4.98 Å². The van der Waals surface area contributed by atoms with Gasteiger partial charge in [0.15, 0.2) is 0 Å². The maximum absolute atomic E-state index is 9.22. The van der Waals surface area contributed by atoms with Crippen LogP contribution in [0.5, 0.6) is 0 Å². The van der Waals surface area contributed by atoms with Gasteiger partial charge in [0.1, 0.15) is 0 Å². The summed E-state index contributed by atoms with van der Waals surface area (Å²) in [6.45, 7) is 0.218. The van der Waals surface area contributed by atoms with Gasteiger partial charge in [-0.05, 0) is 31.4 Å². The summed E-state index contributed by atoms with van der Waals surface area (Å²) in [5.41, 5.74) is 0.991. The highest BCUT2D eigenvalue weighted by Crippen LogP contribution is 2.34. The number of aliphatic hydroxyl groups is 1. The molecule has 0 bridgehead atoms. The van der Waals surface area contributed by atoms with Crippen molar-refractivity contribution in [2.45, 2.75) is 24.8 Å². The van der Waals surface area contributed by atoms with Crippen molar-refractivity contribution in [2.24, 2.45) is 0 Å². The van der Waals surface area contributed by atoms with Crippen LogP contribution in [0.2, 0.25) is 0 Å². The first-order chi connectivity index (χ1) is 6.35. The second-order valence-electron chi connectivity index (χ2n) is 3.65. The maximum atomic E-state index is 9.22. The third kappa shape index (κ3) is 1.65. The average molecular weight is 178 g/mol. The summed E-state index contributed by atoms with van der Waals surface area (Å²) in [6, 6.07) is 3.85. The molecule has 1 aromatic rings. The molecule has 3 heteroatoms.